The van der Waals surface area contributed by atoms with Gasteiger partial charge in [0.25, 0.3) is 5.36 Å². The summed E-state index contributed by atoms with van der Waals surface area (Å²) in [6, 6.07) is 2.92. The van der Waals surface area contributed by atoms with Crippen LogP contribution in [-0.2, 0) is 0 Å². The Bertz CT molecular complexity index is 417. The zero-order valence-electron chi connectivity index (χ0n) is 6.23. The second-order valence-electron chi connectivity index (χ2n) is 2.54. The number of benzene rings is 1. The molecule has 3 nitrogen and oxygen atoms in total. The predicted molar refractivity (Wildman–Crippen MR) is 43.9 cm³/mol. The third-order valence-electron chi connectivity index (χ3n) is 1.70. The zero-order chi connectivity index (χ0) is 8.55. The molecule has 0 aliphatic carbocycles. The Balaban J connectivity index is 2.87. The summed E-state index contributed by atoms with van der Waals surface area (Å²) in [4.78, 5) is 4.01. The highest BCUT2D eigenvalue weighted by Crippen LogP contribution is 2.18. The molecule has 1 aromatic carbocycles. The first kappa shape index (κ1) is 6.91. The van der Waals surface area contributed by atoms with Gasteiger partial charge in [0.1, 0.15) is 0 Å². The van der Waals surface area contributed by atoms with E-state index >= 15 is 0 Å². The molecule has 0 amide bonds. The standard InChI is InChI=1S/C9H7NO2/c11-8-4-6-2-1-3-10-7(6)5-9(8)12/h1-5,11-12H/q+1. The van der Waals surface area contributed by atoms with E-state index in [-0.39, 0.29) is 11.5 Å². The van der Waals surface area contributed by atoms with Crippen molar-refractivity contribution in [3.63, 3.8) is 0 Å². The average molecular weight is 161 g/mol. The molecule has 0 aromatic heterocycles. The van der Waals surface area contributed by atoms with E-state index < -0.39 is 0 Å². The summed E-state index contributed by atoms with van der Waals surface area (Å²) >= 11 is 0. The fraction of sp³-hybridized carbons (Fsp3) is 0. The highest BCUT2D eigenvalue weighted by atomic mass is 16.3. The summed E-state index contributed by atoms with van der Waals surface area (Å²) in [5.74, 6) is -0.253. The molecule has 0 spiro atoms. The molecule has 1 heterocycles. The van der Waals surface area contributed by atoms with Crippen LogP contribution in [0.1, 0.15) is 0 Å². The SMILES string of the molecule is Oc1cc2c(cc1O)=[N+]C=CC=2. The topological polar surface area (TPSA) is 54.6 Å². The number of phenols is 2. The van der Waals surface area contributed by atoms with Crippen LogP contribution in [0.25, 0.3) is 6.08 Å². The van der Waals surface area contributed by atoms with Gasteiger partial charge in [-0.05, 0) is 12.1 Å². The van der Waals surface area contributed by atoms with Crippen LogP contribution in [0.5, 0.6) is 11.5 Å². The number of fused-ring (bicyclic) bond motifs is 1. The lowest BCUT2D eigenvalue weighted by molar-refractivity contribution is 0.402. The normalized spacial score (nSPS) is 13.0. The maximum Gasteiger partial charge on any atom is 0.288 e. The summed E-state index contributed by atoms with van der Waals surface area (Å²) in [5, 5.41) is 19.8. The first-order valence-corrected chi connectivity index (χ1v) is 3.54. The van der Waals surface area contributed by atoms with Crippen LogP contribution in [0, 0.1) is 0 Å². The second kappa shape index (κ2) is 2.37. The van der Waals surface area contributed by atoms with E-state index in [1.54, 1.807) is 12.3 Å². The molecule has 0 unspecified atom stereocenters. The fourth-order valence-corrected chi connectivity index (χ4v) is 1.10. The lowest BCUT2D eigenvalue weighted by Crippen LogP contribution is -2.29. The molecule has 0 fully saturated rings. The van der Waals surface area contributed by atoms with Gasteiger partial charge >= 0.3 is 0 Å². The first-order chi connectivity index (χ1) is 5.77. The zero-order valence-corrected chi connectivity index (χ0v) is 6.23. The summed E-state index contributed by atoms with van der Waals surface area (Å²) in [5.41, 5.74) is 0. The molecule has 0 saturated carbocycles. The minimum absolute atomic E-state index is 0.115. The molecule has 3 heteroatoms. The minimum Gasteiger partial charge on any atom is -0.504 e. The second-order valence-corrected chi connectivity index (χ2v) is 2.54. The van der Waals surface area contributed by atoms with Crippen LogP contribution in [0.3, 0.4) is 0 Å². The van der Waals surface area contributed by atoms with Crippen molar-refractivity contribution in [2.24, 2.45) is 0 Å². The molecule has 2 N–H and O–H groups in total. The lowest BCUT2D eigenvalue weighted by atomic mass is 10.2. The van der Waals surface area contributed by atoms with Crippen molar-refractivity contribution in [2.45, 2.75) is 0 Å². The van der Waals surface area contributed by atoms with Crippen LogP contribution < -0.4 is 15.6 Å². The van der Waals surface area contributed by atoms with Crippen molar-refractivity contribution in [2.75, 3.05) is 0 Å². The van der Waals surface area contributed by atoms with Crippen molar-refractivity contribution in [1.82, 2.24) is 4.99 Å². The van der Waals surface area contributed by atoms with Gasteiger partial charge in [-0.1, -0.05) is 0 Å². The number of hydrogen-bond donors (Lipinski definition) is 2. The lowest BCUT2D eigenvalue weighted by Gasteiger charge is -1.93. The minimum atomic E-state index is -0.138. The van der Waals surface area contributed by atoms with Crippen LogP contribution in [0.2, 0.25) is 0 Å². The van der Waals surface area contributed by atoms with E-state index in [2.05, 4.69) is 4.99 Å². The number of allylic oxidation sites excluding steroid dienone is 1. The highest BCUT2D eigenvalue weighted by molar-refractivity contribution is 5.44. The maximum absolute atomic E-state index is 9.14. The molecule has 12 heavy (non-hydrogen) atoms. The van der Waals surface area contributed by atoms with E-state index in [0.29, 0.717) is 5.36 Å². The van der Waals surface area contributed by atoms with Crippen LogP contribution in [0.15, 0.2) is 24.4 Å². The molecule has 1 radical (unpaired) electrons. The number of aromatic hydroxyl groups is 2. The monoisotopic (exact) mass is 161 g/mol. The summed E-state index contributed by atoms with van der Waals surface area (Å²) < 4.78 is 0. The molecular formula is C9H7NO2+. The number of rotatable bonds is 0. The molecule has 1 aliphatic heterocycles. The summed E-state index contributed by atoms with van der Waals surface area (Å²) in [6.07, 6.45) is 5.24. The Morgan fingerprint density at radius 1 is 1.08 bits per heavy atom. The van der Waals surface area contributed by atoms with E-state index in [4.69, 9.17) is 10.2 Å². The van der Waals surface area contributed by atoms with Gasteiger partial charge in [-0.2, -0.15) is 0 Å². The van der Waals surface area contributed by atoms with Gasteiger partial charge in [0.15, 0.2) is 11.5 Å². The number of hydrogen-bond acceptors (Lipinski definition) is 3. The molecule has 0 bridgehead atoms. The fourth-order valence-electron chi connectivity index (χ4n) is 1.10. The molecule has 0 atom stereocenters. The van der Waals surface area contributed by atoms with Gasteiger partial charge in [-0.15, -0.1) is 0 Å². The Kier molecular flexibility index (Phi) is 1.37. The molecule has 1 aromatic rings. The third kappa shape index (κ3) is 0.955. The van der Waals surface area contributed by atoms with Gasteiger partial charge in [0.05, 0.1) is 16.3 Å². The van der Waals surface area contributed by atoms with Crippen LogP contribution >= 0.6 is 0 Å². The largest absolute Gasteiger partial charge is 0.504 e. The van der Waals surface area contributed by atoms with Gasteiger partial charge in [0.2, 0.25) is 6.20 Å². The molecule has 1 aliphatic rings. The Labute approximate surface area is 68.6 Å². The summed E-state index contributed by atoms with van der Waals surface area (Å²) in [7, 11) is 0. The molecule has 0 saturated heterocycles. The van der Waals surface area contributed by atoms with Crippen molar-refractivity contribution in [1.29, 1.82) is 0 Å². The van der Waals surface area contributed by atoms with Crippen molar-refractivity contribution >= 4 is 6.08 Å². The Morgan fingerprint density at radius 2 is 1.83 bits per heavy atom. The third-order valence-corrected chi connectivity index (χ3v) is 1.70. The van der Waals surface area contributed by atoms with E-state index in [1.165, 1.54) is 12.1 Å². The average Bonchev–Trinajstić information content (AvgIpc) is 2.07. The van der Waals surface area contributed by atoms with Gasteiger partial charge in [-0.3, -0.25) is 0 Å². The number of nitrogens with zero attached hydrogens (tertiary/aromatic N) is 1. The maximum atomic E-state index is 9.14. The van der Waals surface area contributed by atoms with E-state index in [0.717, 1.165) is 5.22 Å². The van der Waals surface area contributed by atoms with E-state index in [1.807, 2.05) is 6.08 Å². The summed E-state index contributed by atoms with van der Waals surface area (Å²) in [6.45, 7) is 0. The first-order valence-electron chi connectivity index (χ1n) is 3.54. The number of phenolic OH excluding ortho intramolecular Hbond substituents is 2. The van der Waals surface area contributed by atoms with E-state index in [9.17, 15) is 0 Å². The van der Waals surface area contributed by atoms with Gasteiger partial charge < -0.3 is 10.2 Å². The van der Waals surface area contributed by atoms with Crippen LogP contribution in [-0.4, -0.2) is 10.2 Å². The molecule has 2 rings (SSSR count). The Hall–Kier alpha value is -1.77. The predicted octanol–water partition coefficient (Wildman–Crippen LogP) is -0.639. The van der Waals surface area contributed by atoms with Crippen LogP contribution in [0.4, 0.5) is 0 Å². The van der Waals surface area contributed by atoms with Crippen molar-refractivity contribution in [3.8, 4) is 11.5 Å². The smallest absolute Gasteiger partial charge is 0.288 e. The van der Waals surface area contributed by atoms with Gasteiger partial charge in [0, 0.05) is 6.08 Å². The highest BCUT2D eigenvalue weighted by Gasteiger charge is 2.06. The van der Waals surface area contributed by atoms with Crippen molar-refractivity contribution < 1.29 is 10.2 Å². The Morgan fingerprint density at radius 3 is 2.67 bits per heavy atom. The van der Waals surface area contributed by atoms with Gasteiger partial charge in [-0.25, -0.2) is 0 Å². The molecular weight excluding hydrogens is 154 g/mol. The quantitative estimate of drug-likeness (QED) is 0.497. The van der Waals surface area contributed by atoms with Crippen molar-refractivity contribution in [3.05, 3.63) is 35.0 Å². The molecule has 59 valence electrons.